The number of rotatable bonds is 3. The first-order valence-electron chi connectivity index (χ1n) is 9.17. The molecule has 0 unspecified atom stereocenters. The monoisotopic (exact) mass is 390 g/mol. The van der Waals surface area contributed by atoms with Crippen molar-refractivity contribution in [3.05, 3.63) is 65.2 Å². The number of thiophene rings is 1. The molecular formula is C21H18N4O2S. The molecule has 1 amide bonds. The maximum absolute atomic E-state index is 12.5. The molecule has 1 aliphatic heterocycles. The number of hydrogen-bond acceptors (Lipinski definition) is 6. The number of para-hydroxylation sites is 1. The summed E-state index contributed by atoms with van der Waals surface area (Å²) in [5.74, 6) is 2.00. The van der Waals surface area contributed by atoms with Gasteiger partial charge in [-0.2, -0.15) is 11.3 Å². The van der Waals surface area contributed by atoms with Gasteiger partial charge in [-0.15, -0.1) is 0 Å². The normalized spacial score (nSPS) is 14.6. The van der Waals surface area contributed by atoms with E-state index in [0.717, 1.165) is 41.2 Å². The van der Waals surface area contributed by atoms with Gasteiger partial charge in [-0.25, -0.2) is 9.97 Å². The second-order valence-electron chi connectivity index (χ2n) is 6.66. The lowest BCUT2D eigenvalue weighted by molar-refractivity contribution is 0.0714. The lowest BCUT2D eigenvalue weighted by atomic mass is 10.2. The highest BCUT2D eigenvalue weighted by Crippen LogP contribution is 2.29. The van der Waals surface area contributed by atoms with Gasteiger partial charge in [0.1, 0.15) is 5.82 Å². The number of fused-ring (bicyclic) bond motifs is 1. The van der Waals surface area contributed by atoms with Gasteiger partial charge in [-0.3, -0.25) is 4.79 Å². The summed E-state index contributed by atoms with van der Waals surface area (Å²) in [5, 5.41) is 5.13. The van der Waals surface area contributed by atoms with Gasteiger partial charge in [-0.05, 0) is 35.7 Å². The van der Waals surface area contributed by atoms with Crippen LogP contribution < -0.4 is 4.90 Å². The number of furan rings is 1. The van der Waals surface area contributed by atoms with Crippen molar-refractivity contribution in [2.45, 2.75) is 0 Å². The zero-order chi connectivity index (χ0) is 18.9. The predicted octanol–water partition coefficient (Wildman–Crippen LogP) is 3.91. The highest BCUT2D eigenvalue weighted by Gasteiger charge is 2.25. The zero-order valence-electron chi connectivity index (χ0n) is 15.1. The average molecular weight is 390 g/mol. The molecule has 0 aliphatic carbocycles. The molecule has 1 aromatic carbocycles. The molecule has 7 heteroatoms. The van der Waals surface area contributed by atoms with Gasteiger partial charge in [-0.1, -0.05) is 12.1 Å². The molecule has 0 radical (unpaired) electrons. The average Bonchev–Trinajstić information content (AvgIpc) is 3.47. The molecule has 4 aromatic rings. The first kappa shape index (κ1) is 16.9. The molecule has 3 aromatic heterocycles. The Morgan fingerprint density at radius 2 is 1.86 bits per heavy atom. The van der Waals surface area contributed by atoms with Crippen molar-refractivity contribution in [2.75, 3.05) is 31.1 Å². The molecule has 4 heterocycles. The third-order valence-corrected chi connectivity index (χ3v) is 5.64. The lowest BCUT2D eigenvalue weighted by Crippen LogP contribution is -2.49. The summed E-state index contributed by atoms with van der Waals surface area (Å²) < 4.78 is 5.25. The molecule has 1 aliphatic rings. The molecule has 140 valence electrons. The van der Waals surface area contributed by atoms with Crippen LogP contribution in [-0.2, 0) is 0 Å². The van der Waals surface area contributed by atoms with Crippen LogP contribution in [0, 0.1) is 0 Å². The number of carbonyl (C=O) groups excluding carboxylic acids is 1. The molecule has 0 N–H and O–H groups in total. The first-order valence-corrected chi connectivity index (χ1v) is 10.1. The Labute approximate surface area is 166 Å². The fourth-order valence-electron chi connectivity index (χ4n) is 3.50. The summed E-state index contributed by atoms with van der Waals surface area (Å²) >= 11 is 1.64. The fourth-order valence-corrected chi connectivity index (χ4v) is 4.13. The summed E-state index contributed by atoms with van der Waals surface area (Å²) in [5.41, 5.74) is 1.96. The summed E-state index contributed by atoms with van der Waals surface area (Å²) in [6.07, 6.45) is 1.53. The van der Waals surface area contributed by atoms with Crippen molar-refractivity contribution in [3.63, 3.8) is 0 Å². The van der Waals surface area contributed by atoms with E-state index in [0.29, 0.717) is 18.8 Å². The SMILES string of the molecule is O=C(c1ccco1)N1CCN(c2nc(-c3ccsc3)nc3ccccc23)CC1. The van der Waals surface area contributed by atoms with Gasteiger partial charge in [0.25, 0.3) is 5.91 Å². The van der Waals surface area contributed by atoms with Crippen LogP contribution in [0.4, 0.5) is 5.82 Å². The molecule has 0 atom stereocenters. The van der Waals surface area contributed by atoms with Crippen LogP contribution in [0.15, 0.2) is 63.9 Å². The van der Waals surface area contributed by atoms with Gasteiger partial charge < -0.3 is 14.2 Å². The number of benzene rings is 1. The third kappa shape index (κ3) is 3.03. The maximum atomic E-state index is 12.5. The maximum Gasteiger partial charge on any atom is 0.289 e. The molecule has 28 heavy (non-hydrogen) atoms. The number of amides is 1. The Morgan fingerprint density at radius 1 is 1.00 bits per heavy atom. The van der Waals surface area contributed by atoms with E-state index < -0.39 is 0 Å². The molecule has 6 nitrogen and oxygen atoms in total. The Kier molecular flexibility index (Phi) is 4.29. The highest BCUT2D eigenvalue weighted by atomic mass is 32.1. The number of aromatic nitrogens is 2. The van der Waals surface area contributed by atoms with Crippen molar-refractivity contribution >= 4 is 34.0 Å². The number of nitrogens with zero attached hydrogens (tertiary/aromatic N) is 4. The minimum atomic E-state index is -0.0591. The highest BCUT2D eigenvalue weighted by molar-refractivity contribution is 7.08. The Balaban J connectivity index is 1.44. The summed E-state index contributed by atoms with van der Waals surface area (Å²) in [7, 11) is 0. The quantitative estimate of drug-likeness (QED) is 0.531. The van der Waals surface area contributed by atoms with Crippen LogP contribution in [0.25, 0.3) is 22.3 Å². The van der Waals surface area contributed by atoms with Crippen molar-refractivity contribution in [1.29, 1.82) is 0 Å². The third-order valence-electron chi connectivity index (χ3n) is 4.96. The summed E-state index contributed by atoms with van der Waals surface area (Å²) in [6, 6.07) is 13.6. The predicted molar refractivity (Wildman–Crippen MR) is 110 cm³/mol. The minimum absolute atomic E-state index is 0.0591. The van der Waals surface area contributed by atoms with Gasteiger partial charge in [0.15, 0.2) is 11.6 Å². The fraction of sp³-hybridized carbons (Fsp3) is 0.190. The topological polar surface area (TPSA) is 62.5 Å². The van der Waals surface area contributed by atoms with Crippen LogP contribution in [0.1, 0.15) is 10.6 Å². The Bertz CT molecular complexity index is 1100. The van der Waals surface area contributed by atoms with Crippen LogP contribution >= 0.6 is 11.3 Å². The van der Waals surface area contributed by atoms with Gasteiger partial charge in [0, 0.05) is 42.5 Å². The molecule has 1 fully saturated rings. The zero-order valence-corrected chi connectivity index (χ0v) is 15.9. The second kappa shape index (κ2) is 7.09. The van der Waals surface area contributed by atoms with E-state index in [1.165, 1.54) is 6.26 Å². The van der Waals surface area contributed by atoms with Crippen molar-refractivity contribution in [2.24, 2.45) is 0 Å². The van der Waals surface area contributed by atoms with E-state index in [1.54, 1.807) is 23.5 Å². The summed E-state index contributed by atoms with van der Waals surface area (Å²) in [6.45, 7) is 2.70. The van der Waals surface area contributed by atoms with Crippen molar-refractivity contribution in [1.82, 2.24) is 14.9 Å². The molecular weight excluding hydrogens is 372 g/mol. The largest absolute Gasteiger partial charge is 0.459 e. The van der Waals surface area contributed by atoms with Crippen LogP contribution in [-0.4, -0.2) is 47.0 Å². The number of anilines is 1. The second-order valence-corrected chi connectivity index (χ2v) is 7.44. The standard InChI is InChI=1S/C21H18N4O2S/c26-21(18-6-3-12-27-18)25-10-8-24(9-11-25)20-16-4-1-2-5-17(16)22-19(23-20)15-7-13-28-14-15/h1-7,12-14H,8-11H2. The van der Waals surface area contributed by atoms with E-state index in [2.05, 4.69) is 16.3 Å². The molecule has 0 bridgehead atoms. The molecule has 5 rings (SSSR count). The number of hydrogen-bond donors (Lipinski definition) is 0. The van der Waals surface area contributed by atoms with Gasteiger partial charge in [0.05, 0.1) is 11.8 Å². The van der Waals surface area contributed by atoms with Gasteiger partial charge in [0.2, 0.25) is 0 Å². The van der Waals surface area contributed by atoms with Crippen LogP contribution in [0.5, 0.6) is 0 Å². The smallest absolute Gasteiger partial charge is 0.289 e. The van der Waals surface area contributed by atoms with Gasteiger partial charge >= 0.3 is 0 Å². The van der Waals surface area contributed by atoms with E-state index >= 15 is 0 Å². The molecule has 0 spiro atoms. The van der Waals surface area contributed by atoms with E-state index in [1.807, 2.05) is 34.5 Å². The minimum Gasteiger partial charge on any atom is -0.459 e. The van der Waals surface area contributed by atoms with E-state index in [9.17, 15) is 4.79 Å². The number of carbonyl (C=O) groups is 1. The lowest BCUT2D eigenvalue weighted by Gasteiger charge is -2.35. The van der Waals surface area contributed by atoms with Crippen LogP contribution in [0.3, 0.4) is 0 Å². The van der Waals surface area contributed by atoms with E-state index in [-0.39, 0.29) is 5.91 Å². The Hall–Kier alpha value is -3.19. The van der Waals surface area contributed by atoms with E-state index in [4.69, 9.17) is 14.4 Å². The number of piperazine rings is 1. The molecule has 1 saturated heterocycles. The first-order chi connectivity index (χ1) is 13.8. The van der Waals surface area contributed by atoms with Crippen LogP contribution in [0.2, 0.25) is 0 Å². The Morgan fingerprint density at radius 3 is 2.61 bits per heavy atom. The molecule has 0 saturated carbocycles. The van der Waals surface area contributed by atoms with Crippen molar-refractivity contribution in [3.8, 4) is 11.4 Å². The summed E-state index contributed by atoms with van der Waals surface area (Å²) in [4.78, 5) is 26.2. The van der Waals surface area contributed by atoms with Crippen molar-refractivity contribution < 1.29 is 9.21 Å².